The van der Waals surface area contributed by atoms with Crippen LogP contribution in [0.25, 0.3) is 6.08 Å². The second kappa shape index (κ2) is 12.8. The summed E-state index contributed by atoms with van der Waals surface area (Å²) in [5, 5.41) is 9.10. The molecule has 0 fully saturated rings. The number of carboxylic acids is 1. The number of nitrogens with zero attached hydrogens (tertiary/aromatic N) is 2. The van der Waals surface area contributed by atoms with Gasteiger partial charge in [0.25, 0.3) is 5.56 Å². The van der Waals surface area contributed by atoms with Crippen LogP contribution in [-0.2, 0) is 16.1 Å². The predicted molar refractivity (Wildman–Crippen MR) is 171 cm³/mol. The third-order valence-corrected chi connectivity index (χ3v) is 8.97. The molecule has 0 amide bonds. The second-order valence-electron chi connectivity index (χ2n) is 9.82. The van der Waals surface area contributed by atoms with Crippen molar-refractivity contribution < 1.29 is 24.2 Å². The van der Waals surface area contributed by atoms with Gasteiger partial charge < -0.3 is 14.6 Å². The van der Waals surface area contributed by atoms with E-state index in [2.05, 4.69) is 36.9 Å². The highest BCUT2D eigenvalue weighted by Gasteiger charge is 2.33. The Hall–Kier alpha value is -3.80. The number of allylic oxidation sites excluding steroid dienone is 1. The highest BCUT2D eigenvalue weighted by atomic mass is 79.9. The number of hydrogen-bond acceptors (Lipinski definition) is 7. The molecule has 1 aliphatic heterocycles. The number of carbonyl (C=O) groups excluding carboxylic acids is 1. The van der Waals surface area contributed by atoms with Crippen molar-refractivity contribution in [3.63, 3.8) is 0 Å². The molecule has 0 bridgehead atoms. The largest absolute Gasteiger partial charge is 0.487 e. The van der Waals surface area contributed by atoms with E-state index in [4.69, 9.17) is 14.6 Å². The fourth-order valence-corrected chi connectivity index (χ4v) is 7.20. The van der Waals surface area contributed by atoms with Crippen molar-refractivity contribution in [1.82, 2.24) is 4.57 Å². The van der Waals surface area contributed by atoms with Crippen LogP contribution in [0.5, 0.6) is 5.75 Å². The van der Waals surface area contributed by atoms with Crippen LogP contribution in [0.3, 0.4) is 0 Å². The Kier molecular flexibility index (Phi) is 9.14. The third-order valence-electron chi connectivity index (χ3n) is 6.81. The number of halogens is 2. The minimum atomic E-state index is -0.985. The van der Waals surface area contributed by atoms with Crippen LogP contribution in [0.4, 0.5) is 0 Å². The molecule has 11 heteroatoms. The molecule has 0 unspecified atom stereocenters. The zero-order chi connectivity index (χ0) is 30.8. The Balaban J connectivity index is 1.51. The number of esters is 1. The van der Waals surface area contributed by atoms with Crippen LogP contribution < -0.4 is 19.6 Å². The molecule has 3 aromatic carbocycles. The van der Waals surface area contributed by atoms with Gasteiger partial charge >= 0.3 is 11.9 Å². The molecule has 4 aromatic rings. The SMILES string of the molecule is CCOC(=O)C1=C(C)N=c2s/c(=C/c3cc(Br)c(OCc4ccc(C(=O)O)cc4)c(Br)c3)c(=O)n2[C@@H]1c1ccc(C)cc1. The maximum atomic E-state index is 13.9. The van der Waals surface area contributed by atoms with Gasteiger partial charge in [0, 0.05) is 0 Å². The maximum absolute atomic E-state index is 13.9. The van der Waals surface area contributed by atoms with Crippen LogP contribution in [0.1, 0.15) is 52.5 Å². The molecule has 0 saturated carbocycles. The summed E-state index contributed by atoms with van der Waals surface area (Å²) in [4.78, 5) is 43.2. The molecule has 0 saturated heterocycles. The quantitative estimate of drug-likeness (QED) is 0.227. The zero-order valence-corrected chi connectivity index (χ0v) is 27.4. The van der Waals surface area contributed by atoms with E-state index in [1.807, 2.05) is 43.3 Å². The number of rotatable bonds is 8. The predicted octanol–water partition coefficient (Wildman–Crippen LogP) is 5.91. The van der Waals surface area contributed by atoms with E-state index >= 15 is 0 Å². The van der Waals surface area contributed by atoms with Crippen molar-refractivity contribution >= 4 is 61.2 Å². The van der Waals surface area contributed by atoms with Gasteiger partial charge in [-0.1, -0.05) is 53.3 Å². The molecule has 2 heterocycles. The zero-order valence-electron chi connectivity index (χ0n) is 23.4. The fraction of sp³-hybridized carbons (Fsp3) is 0.188. The molecular weight excluding hydrogens is 700 g/mol. The third kappa shape index (κ3) is 6.43. The van der Waals surface area contributed by atoms with Gasteiger partial charge in [0.15, 0.2) is 4.80 Å². The summed E-state index contributed by atoms with van der Waals surface area (Å²) < 4.78 is 14.7. The normalized spacial score (nSPS) is 14.7. The van der Waals surface area contributed by atoms with Gasteiger partial charge in [-0.15, -0.1) is 0 Å². The standard InChI is InChI=1S/C32H26Br2N2O6S/c1-4-41-31(40)26-18(3)35-32-36(27(26)21-9-5-17(2)6-10-21)29(37)25(43-32)15-20-13-23(33)28(24(34)14-20)42-16-19-7-11-22(12-8-19)30(38)39/h5-15,27H,4,16H2,1-3H3,(H,38,39)/b25-15+/t27-/m1/s1. The first-order chi connectivity index (χ1) is 20.6. The number of aromatic nitrogens is 1. The molecule has 1 atom stereocenters. The van der Waals surface area contributed by atoms with Crippen molar-refractivity contribution in [2.75, 3.05) is 6.61 Å². The number of aromatic carboxylic acids is 1. The Labute approximate surface area is 267 Å². The smallest absolute Gasteiger partial charge is 0.338 e. The molecular formula is C32H26Br2N2O6S. The molecule has 1 N–H and O–H groups in total. The van der Waals surface area contributed by atoms with E-state index in [9.17, 15) is 14.4 Å². The molecule has 220 valence electrons. The van der Waals surface area contributed by atoms with Crippen LogP contribution in [0.15, 0.2) is 90.7 Å². The maximum Gasteiger partial charge on any atom is 0.338 e. The van der Waals surface area contributed by atoms with Crippen LogP contribution in [-0.4, -0.2) is 28.2 Å². The molecule has 43 heavy (non-hydrogen) atoms. The summed E-state index contributed by atoms with van der Waals surface area (Å²) in [5.74, 6) is -0.916. The lowest BCUT2D eigenvalue weighted by Crippen LogP contribution is -2.39. The monoisotopic (exact) mass is 724 g/mol. The van der Waals surface area contributed by atoms with Gasteiger partial charge in [0.2, 0.25) is 0 Å². The summed E-state index contributed by atoms with van der Waals surface area (Å²) in [6, 6.07) is 17.2. The Morgan fingerprint density at radius 3 is 2.30 bits per heavy atom. The number of carboxylic acid groups (broad SMARTS) is 1. The van der Waals surface area contributed by atoms with Crippen LogP contribution >= 0.6 is 43.2 Å². The van der Waals surface area contributed by atoms with E-state index in [0.717, 1.165) is 22.3 Å². The lowest BCUT2D eigenvalue weighted by molar-refractivity contribution is -0.139. The van der Waals surface area contributed by atoms with Crippen LogP contribution in [0, 0.1) is 6.92 Å². The first kappa shape index (κ1) is 30.7. The number of thiazole rings is 1. The van der Waals surface area contributed by atoms with Gasteiger partial charge in [-0.05, 0) is 99.7 Å². The highest BCUT2D eigenvalue weighted by molar-refractivity contribution is 9.11. The average molecular weight is 726 g/mol. The van der Waals surface area contributed by atoms with E-state index in [1.165, 1.54) is 23.5 Å². The first-order valence-corrected chi connectivity index (χ1v) is 15.7. The number of fused-ring (bicyclic) bond motifs is 1. The van der Waals surface area contributed by atoms with E-state index < -0.39 is 18.0 Å². The van der Waals surface area contributed by atoms with E-state index in [0.29, 0.717) is 35.3 Å². The fourth-order valence-electron chi connectivity index (χ4n) is 4.71. The second-order valence-corrected chi connectivity index (χ2v) is 12.5. The van der Waals surface area contributed by atoms with Crippen molar-refractivity contribution in [2.45, 2.75) is 33.4 Å². The summed E-state index contributed by atoms with van der Waals surface area (Å²) >= 11 is 8.40. The van der Waals surface area contributed by atoms with Crippen LogP contribution in [0.2, 0.25) is 0 Å². The average Bonchev–Trinajstić information content (AvgIpc) is 3.26. The number of aryl methyl sites for hydroxylation is 1. The minimum absolute atomic E-state index is 0.207. The molecule has 0 aliphatic carbocycles. The summed E-state index contributed by atoms with van der Waals surface area (Å²) in [5.41, 5.74) is 4.22. The Bertz CT molecular complexity index is 1920. The lowest BCUT2D eigenvalue weighted by Gasteiger charge is -2.24. The molecule has 0 spiro atoms. The number of hydrogen-bond donors (Lipinski definition) is 1. The van der Waals surface area contributed by atoms with Gasteiger partial charge in [-0.3, -0.25) is 9.36 Å². The lowest BCUT2D eigenvalue weighted by atomic mass is 9.95. The van der Waals surface area contributed by atoms with Gasteiger partial charge in [-0.25, -0.2) is 14.6 Å². The highest BCUT2D eigenvalue weighted by Crippen LogP contribution is 2.36. The molecule has 8 nitrogen and oxygen atoms in total. The molecule has 1 aliphatic rings. The Morgan fingerprint density at radius 1 is 1.05 bits per heavy atom. The van der Waals surface area contributed by atoms with Crippen molar-refractivity contribution in [3.05, 3.63) is 128 Å². The van der Waals surface area contributed by atoms with E-state index in [-0.39, 0.29) is 24.3 Å². The molecule has 1 aromatic heterocycles. The van der Waals surface area contributed by atoms with Gasteiger partial charge in [-0.2, -0.15) is 0 Å². The summed E-state index contributed by atoms with van der Waals surface area (Å²) in [7, 11) is 0. The minimum Gasteiger partial charge on any atom is -0.487 e. The van der Waals surface area contributed by atoms with E-state index in [1.54, 1.807) is 36.6 Å². The summed E-state index contributed by atoms with van der Waals surface area (Å²) in [6.45, 7) is 5.93. The molecule has 5 rings (SSSR count). The van der Waals surface area contributed by atoms with Crippen molar-refractivity contribution in [3.8, 4) is 5.75 Å². The number of ether oxygens (including phenoxy) is 2. The Morgan fingerprint density at radius 2 is 1.70 bits per heavy atom. The number of carbonyl (C=O) groups is 2. The topological polar surface area (TPSA) is 107 Å². The summed E-state index contributed by atoms with van der Waals surface area (Å²) in [6.07, 6.45) is 1.78. The first-order valence-electron chi connectivity index (χ1n) is 13.3. The van der Waals surface area contributed by atoms with Crippen molar-refractivity contribution in [2.24, 2.45) is 4.99 Å². The van der Waals surface area contributed by atoms with Crippen molar-refractivity contribution in [1.29, 1.82) is 0 Å². The number of benzene rings is 3. The van der Waals surface area contributed by atoms with Gasteiger partial charge in [0.1, 0.15) is 12.4 Å². The molecule has 0 radical (unpaired) electrons. The van der Waals surface area contributed by atoms with Gasteiger partial charge in [0.05, 0.1) is 43.0 Å².